The Kier molecular flexibility index (Phi) is 4.92. The molecule has 4 rings (SSSR count). The quantitative estimate of drug-likeness (QED) is 0.882. The summed E-state index contributed by atoms with van der Waals surface area (Å²) in [7, 11) is 1.84. The summed E-state index contributed by atoms with van der Waals surface area (Å²) in [5.74, 6) is 1.34. The molecule has 0 radical (unpaired) electrons. The predicted molar refractivity (Wildman–Crippen MR) is 107 cm³/mol. The van der Waals surface area contributed by atoms with Gasteiger partial charge in [0.15, 0.2) is 0 Å². The molecule has 2 aromatic carbocycles. The van der Waals surface area contributed by atoms with Crippen molar-refractivity contribution in [1.29, 1.82) is 0 Å². The summed E-state index contributed by atoms with van der Waals surface area (Å²) in [6, 6.07) is 18.7. The van der Waals surface area contributed by atoms with Crippen LogP contribution in [0.25, 0.3) is 0 Å². The lowest BCUT2D eigenvalue weighted by atomic mass is 10.1. The van der Waals surface area contributed by atoms with Gasteiger partial charge in [0, 0.05) is 25.6 Å². The average Bonchev–Trinajstić information content (AvgIpc) is 3.47. The van der Waals surface area contributed by atoms with E-state index in [2.05, 4.69) is 47.5 Å². The minimum absolute atomic E-state index is 0.0241. The molecule has 1 aliphatic carbocycles. The second-order valence-corrected chi connectivity index (χ2v) is 7.44. The smallest absolute Gasteiger partial charge is 0.317 e. The summed E-state index contributed by atoms with van der Waals surface area (Å²) in [4.78, 5) is 16.6. The minimum Gasteiger partial charge on any atom is -0.485 e. The van der Waals surface area contributed by atoms with Gasteiger partial charge in [-0.25, -0.2) is 4.79 Å². The lowest BCUT2D eigenvalue weighted by Gasteiger charge is -2.37. The van der Waals surface area contributed by atoms with E-state index >= 15 is 0 Å². The van der Waals surface area contributed by atoms with Gasteiger partial charge in [-0.2, -0.15) is 0 Å². The molecule has 0 spiro atoms. The molecule has 0 bridgehead atoms. The second-order valence-electron chi connectivity index (χ2n) is 7.44. The fourth-order valence-corrected chi connectivity index (χ4v) is 3.85. The van der Waals surface area contributed by atoms with Crippen molar-refractivity contribution in [3.05, 3.63) is 60.2 Å². The number of benzene rings is 2. The summed E-state index contributed by atoms with van der Waals surface area (Å²) in [5.41, 5.74) is 2.43. The molecular formula is C22H27N3O2. The molecule has 0 saturated heterocycles. The SMILES string of the molecule is CCN1CC(CN(C)C(=O)NC2CC2c2ccccc2)Oc2ccccc21. The number of hydrogen-bond acceptors (Lipinski definition) is 3. The van der Waals surface area contributed by atoms with Crippen molar-refractivity contribution in [3.63, 3.8) is 0 Å². The first-order chi connectivity index (χ1) is 13.2. The van der Waals surface area contributed by atoms with E-state index in [0.29, 0.717) is 12.5 Å². The van der Waals surface area contributed by atoms with E-state index in [1.807, 2.05) is 31.3 Å². The Labute approximate surface area is 160 Å². The Morgan fingerprint density at radius 1 is 1.19 bits per heavy atom. The van der Waals surface area contributed by atoms with Crippen molar-refractivity contribution < 1.29 is 9.53 Å². The number of urea groups is 1. The highest BCUT2D eigenvalue weighted by Crippen LogP contribution is 2.40. The molecule has 1 fully saturated rings. The van der Waals surface area contributed by atoms with Gasteiger partial charge in [-0.1, -0.05) is 42.5 Å². The molecule has 1 aliphatic heterocycles. The third-order valence-electron chi connectivity index (χ3n) is 5.46. The van der Waals surface area contributed by atoms with E-state index in [0.717, 1.165) is 30.9 Å². The van der Waals surface area contributed by atoms with Gasteiger partial charge < -0.3 is 19.9 Å². The summed E-state index contributed by atoms with van der Waals surface area (Å²) in [6.45, 7) is 4.43. The number of amides is 2. The van der Waals surface area contributed by atoms with Gasteiger partial charge in [-0.15, -0.1) is 0 Å². The third kappa shape index (κ3) is 3.87. The van der Waals surface area contributed by atoms with Gasteiger partial charge in [0.1, 0.15) is 11.9 Å². The number of ether oxygens (including phenoxy) is 1. The molecule has 1 heterocycles. The van der Waals surface area contributed by atoms with E-state index in [4.69, 9.17) is 4.74 Å². The Hall–Kier alpha value is -2.69. The van der Waals surface area contributed by atoms with Crippen molar-refractivity contribution >= 4 is 11.7 Å². The number of fused-ring (bicyclic) bond motifs is 1. The maximum Gasteiger partial charge on any atom is 0.317 e. The summed E-state index contributed by atoms with van der Waals surface area (Å²) in [6.07, 6.45) is 0.986. The number of nitrogens with one attached hydrogen (secondary N) is 1. The molecular weight excluding hydrogens is 338 g/mol. The summed E-state index contributed by atoms with van der Waals surface area (Å²) in [5, 5.41) is 3.15. The van der Waals surface area contributed by atoms with Crippen LogP contribution in [0.3, 0.4) is 0 Å². The molecule has 2 aliphatic rings. The van der Waals surface area contributed by atoms with Crippen molar-refractivity contribution in [3.8, 4) is 5.75 Å². The van der Waals surface area contributed by atoms with Gasteiger partial charge >= 0.3 is 6.03 Å². The zero-order valence-corrected chi connectivity index (χ0v) is 16.0. The maximum atomic E-state index is 12.6. The molecule has 2 amide bonds. The highest BCUT2D eigenvalue weighted by Gasteiger charge is 2.40. The van der Waals surface area contributed by atoms with E-state index in [1.165, 1.54) is 5.56 Å². The van der Waals surface area contributed by atoms with Gasteiger partial charge in [-0.3, -0.25) is 0 Å². The summed E-state index contributed by atoms with van der Waals surface area (Å²) >= 11 is 0. The maximum absolute atomic E-state index is 12.6. The molecule has 1 saturated carbocycles. The van der Waals surface area contributed by atoms with Gasteiger partial charge in [0.05, 0.1) is 18.8 Å². The van der Waals surface area contributed by atoms with Crippen LogP contribution in [0.15, 0.2) is 54.6 Å². The minimum atomic E-state index is -0.0280. The molecule has 3 atom stereocenters. The standard InChI is InChI=1S/C22H27N3O2/c1-3-25-15-17(27-21-12-8-7-11-20(21)25)14-24(2)22(26)23-19-13-18(19)16-9-5-4-6-10-16/h4-12,17-19H,3,13-15H2,1-2H3,(H,23,26). The number of likely N-dealkylation sites (N-methyl/N-ethyl adjacent to an activating group) is 2. The summed E-state index contributed by atoms with van der Waals surface area (Å²) < 4.78 is 6.13. The first-order valence-electron chi connectivity index (χ1n) is 9.73. The fourth-order valence-electron chi connectivity index (χ4n) is 3.85. The Bertz CT molecular complexity index is 795. The zero-order chi connectivity index (χ0) is 18.8. The molecule has 5 nitrogen and oxygen atoms in total. The van der Waals surface area contributed by atoms with E-state index in [-0.39, 0.29) is 18.2 Å². The Morgan fingerprint density at radius 2 is 1.93 bits per heavy atom. The van der Waals surface area contributed by atoms with Crippen LogP contribution in [0.4, 0.5) is 10.5 Å². The predicted octanol–water partition coefficient (Wildman–Crippen LogP) is 3.47. The molecule has 0 aromatic heterocycles. The molecule has 3 unspecified atom stereocenters. The lowest BCUT2D eigenvalue weighted by molar-refractivity contribution is 0.145. The molecule has 2 aromatic rings. The van der Waals surface area contributed by atoms with Gasteiger partial charge in [0.2, 0.25) is 0 Å². The average molecular weight is 365 g/mol. The number of rotatable bonds is 5. The Morgan fingerprint density at radius 3 is 2.70 bits per heavy atom. The number of para-hydroxylation sites is 2. The number of hydrogen-bond donors (Lipinski definition) is 1. The van der Waals surface area contributed by atoms with Crippen LogP contribution < -0.4 is 15.0 Å². The van der Waals surface area contributed by atoms with Crippen LogP contribution in [-0.4, -0.2) is 49.8 Å². The van der Waals surface area contributed by atoms with Crippen LogP contribution in [0, 0.1) is 0 Å². The van der Waals surface area contributed by atoms with Crippen LogP contribution in [0.5, 0.6) is 5.75 Å². The van der Waals surface area contributed by atoms with Crippen LogP contribution in [0.2, 0.25) is 0 Å². The normalized spacial score (nSPS) is 23.2. The zero-order valence-electron chi connectivity index (χ0n) is 16.0. The Balaban J connectivity index is 1.32. The molecule has 27 heavy (non-hydrogen) atoms. The van der Waals surface area contributed by atoms with Crippen molar-refractivity contribution in [2.45, 2.75) is 31.4 Å². The van der Waals surface area contributed by atoms with Crippen molar-refractivity contribution in [1.82, 2.24) is 10.2 Å². The third-order valence-corrected chi connectivity index (χ3v) is 5.46. The molecule has 5 heteroatoms. The molecule has 142 valence electrons. The fraction of sp³-hybridized carbons (Fsp3) is 0.409. The van der Waals surface area contributed by atoms with Crippen molar-refractivity contribution in [2.24, 2.45) is 0 Å². The number of carbonyl (C=O) groups excluding carboxylic acids is 1. The van der Waals surface area contributed by atoms with Crippen LogP contribution in [0.1, 0.15) is 24.8 Å². The van der Waals surface area contributed by atoms with E-state index < -0.39 is 0 Å². The van der Waals surface area contributed by atoms with Crippen LogP contribution >= 0.6 is 0 Å². The van der Waals surface area contributed by atoms with Gasteiger partial charge in [0.25, 0.3) is 0 Å². The number of anilines is 1. The highest BCUT2D eigenvalue weighted by atomic mass is 16.5. The largest absolute Gasteiger partial charge is 0.485 e. The number of carbonyl (C=O) groups is 1. The highest BCUT2D eigenvalue weighted by molar-refractivity contribution is 5.75. The first-order valence-corrected chi connectivity index (χ1v) is 9.73. The van der Waals surface area contributed by atoms with E-state index in [9.17, 15) is 4.79 Å². The van der Waals surface area contributed by atoms with E-state index in [1.54, 1.807) is 4.90 Å². The lowest BCUT2D eigenvalue weighted by Crippen LogP contribution is -2.49. The second kappa shape index (κ2) is 7.51. The topological polar surface area (TPSA) is 44.8 Å². The monoisotopic (exact) mass is 365 g/mol. The van der Waals surface area contributed by atoms with Crippen LogP contribution in [-0.2, 0) is 0 Å². The van der Waals surface area contributed by atoms with Gasteiger partial charge in [-0.05, 0) is 31.0 Å². The number of nitrogens with zero attached hydrogens (tertiary/aromatic N) is 2. The van der Waals surface area contributed by atoms with Crippen molar-refractivity contribution in [2.75, 3.05) is 31.6 Å². The first kappa shape index (κ1) is 17.7. The molecule has 1 N–H and O–H groups in total.